The van der Waals surface area contributed by atoms with Gasteiger partial charge >= 0.3 is 0 Å². The predicted octanol–water partition coefficient (Wildman–Crippen LogP) is 2.09. The molecule has 0 spiro atoms. The van der Waals surface area contributed by atoms with Crippen molar-refractivity contribution < 1.29 is 4.74 Å². The van der Waals surface area contributed by atoms with E-state index in [-0.39, 0.29) is 6.04 Å². The summed E-state index contributed by atoms with van der Waals surface area (Å²) in [6.45, 7) is 3.13. The Kier molecular flexibility index (Phi) is 4.88. The van der Waals surface area contributed by atoms with Crippen LogP contribution in [0.5, 0.6) is 5.75 Å². The van der Waals surface area contributed by atoms with E-state index < -0.39 is 0 Å². The third kappa shape index (κ3) is 3.38. The van der Waals surface area contributed by atoms with Crippen molar-refractivity contribution in [3.8, 4) is 5.75 Å². The molecule has 1 atom stereocenters. The number of hydrogen-bond donors (Lipinski definition) is 2. The van der Waals surface area contributed by atoms with Crippen LogP contribution in [0.25, 0.3) is 0 Å². The molecule has 0 saturated heterocycles. The molecule has 3 nitrogen and oxygen atoms in total. The van der Waals surface area contributed by atoms with Crippen molar-refractivity contribution in [1.29, 1.82) is 0 Å². The fourth-order valence-corrected chi connectivity index (χ4v) is 1.46. The third-order valence-electron chi connectivity index (χ3n) is 2.10. The lowest BCUT2D eigenvalue weighted by atomic mass is 10.1. The maximum absolute atomic E-state index is 6.04. The molecule has 0 amide bonds. The van der Waals surface area contributed by atoms with Gasteiger partial charge in [-0.15, -0.1) is 0 Å². The van der Waals surface area contributed by atoms with E-state index in [9.17, 15) is 0 Å². The van der Waals surface area contributed by atoms with Gasteiger partial charge in [0.2, 0.25) is 0 Å². The molecule has 4 N–H and O–H groups in total. The van der Waals surface area contributed by atoms with E-state index in [1.165, 1.54) is 0 Å². The van der Waals surface area contributed by atoms with Crippen LogP contribution in [0.4, 0.5) is 0 Å². The van der Waals surface area contributed by atoms with E-state index in [1.54, 1.807) is 0 Å². The highest BCUT2D eigenvalue weighted by atomic mass is 35.5. The van der Waals surface area contributed by atoms with Crippen LogP contribution in [0.1, 0.15) is 24.9 Å². The van der Waals surface area contributed by atoms with Crippen LogP contribution in [0.2, 0.25) is 5.02 Å². The molecule has 0 aliphatic rings. The summed E-state index contributed by atoms with van der Waals surface area (Å²) in [5, 5.41) is 0.588. The molecule has 0 radical (unpaired) electrons. The van der Waals surface area contributed by atoms with Gasteiger partial charge in [-0.05, 0) is 24.1 Å². The van der Waals surface area contributed by atoms with E-state index in [0.29, 0.717) is 23.9 Å². The second-order valence-electron chi connectivity index (χ2n) is 3.38. The van der Waals surface area contributed by atoms with E-state index in [1.807, 2.05) is 25.1 Å². The monoisotopic (exact) mass is 228 g/mol. The van der Waals surface area contributed by atoms with E-state index in [2.05, 4.69) is 0 Å². The Morgan fingerprint density at radius 2 is 2.20 bits per heavy atom. The molecule has 84 valence electrons. The SMILES string of the molecule is CCCOc1ccc(C(N)CN)cc1Cl. The third-order valence-corrected chi connectivity index (χ3v) is 2.40. The van der Waals surface area contributed by atoms with Gasteiger partial charge in [0.15, 0.2) is 0 Å². The fraction of sp³-hybridized carbons (Fsp3) is 0.455. The standard InChI is InChI=1S/C11H17ClN2O/c1-2-5-15-11-4-3-8(6-9(11)12)10(14)7-13/h3-4,6,10H,2,5,7,13-14H2,1H3. The molecule has 0 bridgehead atoms. The van der Waals surface area contributed by atoms with Crippen molar-refractivity contribution in [2.75, 3.05) is 13.2 Å². The van der Waals surface area contributed by atoms with Crippen LogP contribution in [-0.4, -0.2) is 13.2 Å². The van der Waals surface area contributed by atoms with Gasteiger partial charge < -0.3 is 16.2 Å². The normalized spacial score (nSPS) is 12.5. The van der Waals surface area contributed by atoms with Gasteiger partial charge in [-0.3, -0.25) is 0 Å². The Labute approximate surface area is 95.4 Å². The Hall–Kier alpha value is -0.770. The molecule has 0 heterocycles. The van der Waals surface area contributed by atoms with Gasteiger partial charge in [-0.25, -0.2) is 0 Å². The molecule has 0 aliphatic heterocycles. The Morgan fingerprint density at radius 1 is 1.47 bits per heavy atom. The second-order valence-corrected chi connectivity index (χ2v) is 3.79. The molecule has 1 rings (SSSR count). The summed E-state index contributed by atoms with van der Waals surface area (Å²) in [6.07, 6.45) is 0.959. The predicted molar refractivity (Wildman–Crippen MR) is 63.2 cm³/mol. The van der Waals surface area contributed by atoms with Gasteiger partial charge in [0.05, 0.1) is 11.6 Å². The molecular weight excluding hydrogens is 212 g/mol. The molecular formula is C11H17ClN2O. The Morgan fingerprint density at radius 3 is 2.73 bits per heavy atom. The maximum atomic E-state index is 6.04. The zero-order valence-corrected chi connectivity index (χ0v) is 9.63. The molecule has 0 aromatic heterocycles. The Balaban J connectivity index is 2.78. The van der Waals surface area contributed by atoms with Gasteiger partial charge in [0.25, 0.3) is 0 Å². The van der Waals surface area contributed by atoms with E-state index in [0.717, 1.165) is 12.0 Å². The first-order valence-corrected chi connectivity index (χ1v) is 5.44. The second kappa shape index (κ2) is 5.95. The molecule has 0 fully saturated rings. The zero-order valence-electron chi connectivity index (χ0n) is 8.87. The number of rotatable bonds is 5. The first kappa shape index (κ1) is 12.3. The first-order valence-electron chi connectivity index (χ1n) is 5.07. The molecule has 1 aromatic carbocycles. The fourth-order valence-electron chi connectivity index (χ4n) is 1.21. The number of ether oxygens (including phenoxy) is 1. The summed E-state index contributed by atoms with van der Waals surface area (Å²) >= 11 is 6.04. The average Bonchev–Trinajstić information content (AvgIpc) is 2.26. The maximum Gasteiger partial charge on any atom is 0.137 e. The van der Waals surface area contributed by atoms with Crippen molar-refractivity contribution in [3.05, 3.63) is 28.8 Å². The number of benzene rings is 1. The smallest absolute Gasteiger partial charge is 0.137 e. The van der Waals surface area contributed by atoms with Crippen molar-refractivity contribution in [3.63, 3.8) is 0 Å². The van der Waals surface area contributed by atoms with Crippen molar-refractivity contribution >= 4 is 11.6 Å². The molecule has 4 heteroatoms. The minimum Gasteiger partial charge on any atom is -0.492 e. The minimum atomic E-state index is -0.164. The molecule has 0 saturated carbocycles. The lowest BCUT2D eigenvalue weighted by Crippen LogP contribution is -2.20. The summed E-state index contributed by atoms with van der Waals surface area (Å²) in [6, 6.07) is 5.38. The van der Waals surface area contributed by atoms with E-state index >= 15 is 0 Å². The van der Waals surface area contributed by atoms with Gasteiger partial charge in [0, 0.05) is 12.6 Å². The highest BCUT2D eigenvalue weighted by Crippen LogP contribution is 2.27. The molecule has 1 unspecified atom stereocenters. The highest BCUT2D eigenvalue weighted by Gasteiger charge is 2.07. The summed E-state index contributed by atoms with van der Waals surface area (Å²) < 4.78 is 5.45. The minimum absolute atomic E-state index is 0.164. The van der Waals surface area contributed by atoms with Crippen LogP contribution in [-0.2, 0) is 0 Å². The molecule has 1 aromatic rings. The summed E-state index contributed by atoms with van der Waals surface area (Å²) in [4.78, 5) is 0. The highest BCUT2D eigenvalue weighted by molar-refractivity contribution is 6.32. The van der Waals surface area contributed by atoms with Gasteiger partial charge in [-0.2, -0.15) is 0 Å². The van der Waals surface area contributed by atoms with Crippen LogP contribution in [0, 0.1) is 0 Å². The van der Waals surface area contributed by atoms with Gasteiger partial charge in [0.1, 0.15) is 5.75 Å². The van der Waals surface area contributed by atoms with Crippen LogP contribution in [0.15, 0.2) is 18.2 Å². The van der Waals surface area contributed by atoms with Crippen molar-refractivity contribution in [1.82, 2.24) is 0 Å². The summed E-state index contributed by atoms with van der Waals surface area (Å²) in [7, 11) is 0. The van der Waals surface area contributed by atoms with E-state index in [4.69, 9.17) is 27.8 Å². The quantitative estimate of drug-likeness (QED) is 0.811. The van der Waals surface area contributed by atoms with Crippen molar-refractivity contribution in [2.24, 2.45) is 11.5 Å². The lowest BCUT2D eigenvalue weighted by molar-refractivity contribution is 0.317. The molecule has 15 heavy (non-hydrogen) atoms. The zero-order chi connectivity index (χ0) is 11.3. The van der Waals surface area contributed by atoms with Crippen LogP contribution >= 0.6 is 11.6 Å². The van der Waals surface area contributed by atoms with Crippen molar-refractivity contribution in [2.45, 2.75) is 19.4 Å². The number of hydrogen-bond acceptors (Lipinski definition) is 3. The van der Waals surface area contributed by atoms with Crippen LogP contribution in [0.3, 0.4) is 0 Å². The number of nitrogens with two attached hydrogens (primary N) is 2. The summed E-state index contributed by atoms with van der Waals surface area (Å²) in [5.74, 6) is 0.700. The summed E-state index contributed by atoms with van der Waals surface area (Å²) in [5.41, 5.74) is 12.2. The average molecular weight is 229 g/mol. The number of halogens is 1. The first-order chi connectivity index (χ1) is 7.19. The van der Waals surface area contributed by atoms with Gasteiger partial charge in [-0.1, -0.05) is 24.6 Å². The molecule has 0 aliphatic carbocycles. The lowest BCUT2D eigenvalue weighted by Gasteiger charge is -2.12. The van der Waals surface area contributed by atoms with Crippen LogP contribution < -0.4 is 16.2 Å². The Bertz CT molecular complexity index is 317. The largest absolute Gasteiger partial charge is 0.492 e. The topological polar surface area (TPSA) is 61.3 Å².